The smallest absolute Gasteiger partial charge is 0.181 e. The summed E-state index contributed by atoms with van der Waals surface area (Å²) in [5, 5.41) is 9.29. The number of aromatic nitrogens is 4. The van der Waals surface area contributed by atoms with E-state index in [1.807, 2.05) is 6.07 Å². The molecule has 0 saturated carbocycles. The van der Waals surface area contributed by atoms with Crippen LogP contribution >= 0.6 is 0 Å². The largest absolute Gasteiger partial charge is 0.361 e. The average Bonchev–Trinajstić information content (AvgIpc) is 3.13. The van der Waals surface area contributed by atoms with Crippen LogP contribution in [-0.4, -0.2) is 45.2 Å². The van der Waals surface area contributed by atoms with Crippen LogP contribution in [0.1, 0.15) is 17.9 Å². The molecule has 3 aromatic rings. The Bertz CT molecular complexity index is 765. The van der Waals surface area contributed by atoms with Crippen LogP contribution in [0.25, 0.3) is 22.3 Å². The summed E-state index contributed by atoms with van der Waals surface area (Å²) in [5.41, 5.74) is 3.59. The molecule has 0 radical (unpaired) electrons. The van der Waals surface area contributed by atoms with Gasteiger partial charge in [0, 0.05) is 35.4 Å². The van der Waals surface area contributed by atoms with E-state index < -0.39 is 0 Å². The number of nitrogens with zero attached hydrogens (tertiary/aromatic N) is 4. The summed E-state index contributed by atoms with van der Waals surface area (Å²) >= 11 is 0. The lowest BCUT2D eigenvalue weighted by Crippen LogP contribution is -2.13. The molecule has 21 heavy (non-hydrogen) atoms. The van der Waals surface area contributed by atoms with E-state index in [0.29, 0.717) is 11.7 Å². The minimum absolute atomic E-state index is 0.605. The Hall–Kier alpha value is -2.27. The quantitative estimate of drug-likeness (QED) is 0.782. The zero-order valence-electron chi connectivity index (χ0n) is 12.0. The third-order valence-electron chi connectivity index (χ3n) is 4.29. The van der Waals surface area contributed by atoms with Gasteiger partial charge in [-0.15, -0.1) is 5.10 Å². The fourth-order valence-electron chi connectivity index (χ4n) is 3.19. The second-order valence-electron chi connectivity index (χ2n) is 5.72. The summed E-state index contributed by atoms with van der Waals surface area (Å²) in [4.78, 5) is 10.1. The minimum atomic E-state index is 0.605. The Morgan fingerprint density at radius 3 is 3.00 bits per heavy atom. The summed E-state index contributed by atoms with van der Waals surface area (Å²) in [6.07, 6.45) is 6.65. The molecule has 3 heterocycles. The fourth-order valence-corrected chi connectivity index (χ4v) is 3.19. The molecule has 5 heteroatoms. The highest BCUT2D eigenvalue weighted by Crippen LogP contribution is 2.33. The van der Waals surface area contributed by atoms with Crippen molar-refractivity contribution >= 4 is 10.9 Å². The van der Waals surface area contributed by atoms with Crippen LogP contribution < -0.4 is 0 Å². The number of fused-ring (bicyclic) bond motifs is 1. The molecule has 0 amide bonds. The Balaban J connectivity index is 1.79. The zero-order chi connectivity index (χ0) is 14.2. The Morgan fingerprint density at radius 2 is 2.24 bits per heavy atom. The van der Waals surface area contributed by atoms with E-state index in [2.05, 4.69) is 50.4 Å². The number of aromatic amines is 1. The first kappa shape index (κ1) is 12.5. The number of likely N-dealkylation sites (N-methyl/N-ethyl adjacent to an activating group) is 1. The molecule has 1 aliphatic heterocycles. The van der Waals surface area contributed by atoms with E-state index in [1.54, 1.807) is 12.4 Å². The highest BCUT2D eigenvalue weighted by Gasteiger charge is 2.23. The van der Waals surface area contributed by atoms with Crippen LogP contribution in [0.3, 0.4) is 0 Å². The Kier molecular flexibility index (Phi) is 2.93. The Labute approximate surface area is 123 Å². The lowest BCUT2D eigenvalue weighted by atomic mass is 9.97. The molecule has 106 valence electrons. The number of H-pyrrole nitrogens is 1. The second-order valence-corrected chi connectivity index (χ2v) is 5.72. The molecule has 1 saturated heterocycles. The number of nitrogens with one attached hydrogen (secondary N) is 1. The van der Waals surface area contributed by atoms with Gasteiger partial charge in [0.2, 0.25) is 0 Å². The van der Waals surface area contributed by atoms with Crippen molar-refractivity contribution in [2.45, 2.75) is 12.3 Å². The predicted octanol–water partition coefficient (Wildman–Crippen LogP) is 2.44. The number of likely N-dealkylation sites (tertiary alicyclic amines) is 1. The normalized spacial score (nSPS) is 19.4. The van der Waals surface area contributed by atoms with Crippen molar-refractivity contribution in [3.05, 3.63) is 42.4 Å². The van der Waals surface area contributed by atoms with Gasteiger partial charge in [-0.05, 0) is 49.7 Å². The third-order valence-corrected chi connectivity index (χ3v) is 4.29. The zero-order valence-corrected chi connectivity index (χ0v) is 12.0. The van der Waals surface area contributed by atoms with Crippen molar-refractivity contribution in [3.63, 3.8) is 0 Å². The van der Waals surface area contributed by atoms with Crippen LogP contribution in [0.4, 0.5) is 0 Å². The first-order valence-corrected chi connectivity index (χ1v) is 7.25. The van der Waals surface area contributed by atoms with Crippen LogP contribution in [0.5, 0.6) is 0 Å². The molecule has 1 atom stereocenters. The monoisotopic (exact) mass is 279 g/mol. The van der Waals surface area contributed by atoms with Gasteiger partial charge in [-0.3, -0.25) is 0 Å². The SMILES string of the molecule is CN1CCC(c2c[nH]c3ccc(-c4nccnn4)cc23)C1. The maximum atomic E-state index is 4.29. The summed E-state index contributed by atoms with van der Waals surface area (Å²) in [6, 6.07) is 6.32. The van der Waals surface area contributed by atoms with E-state index in [4.69, 9.17) is 0 Å². The topological polar surface area (TPSA) is 57.7 Å². The van der Waals surface area contributed by atoms with E-state index in [-0.39, 0.29) is 0 Å². The van der Waals surface area contributed by atoms with Crippen molar-refractivity contribution in [2.75, 3.05) is 20.1 Å². The molecule has 1 aliphatic rings. The maximum Gasteiger partial charge on any atom is 0.181 e. The van der Waals surface area contributed by atoms with Crippen LogP contribution in [0.2, 0.25) is 0 Å². The lowest BCUT2D eigenvalue weighted by Gasteiger charge is -2.09. The van der Waals surface area contributed by atoms with Gasteiger partial charge in [0.1, 0.15) is 0 Å². The number of benzene rings is 1. The molecule has 1 aromatic carbocycles. The average molecular weight is 279 g/mol. The maximum absolute atomic E-state index is 4.29. The van der Waals surface area contributed by atoms with Crippen LogP contribution in [0, 0.1) is 0 Å². The molecule has 0 bridgehead atoms. The molecule has 1 unspecified atom stereocenters. The second kappa shape index (κ2) is 4.93. The van der Waals surface area contributed by atoms with Gasteiger partial charge in [0.25, 0.3) is 0 Å². The Morgan fingerprint density at radius 1 is 1.29 bits per heavy atom. The van der Waals surface area contributed by atoms with E-state index in [0.717, 1.165) is 12.1 Å². The van der Waals surface area contributed by atoms with Gasteiger partial charge in [0.15, 0.2) is 5.82 Å². The first-order chi connectivity index (χ1) is 10.3. The summed E-state index contributed by atoms with van der Waals surface area (Å²) < 4.78 is 0. The summed E-state index contributed by atoms with van der Waals surface area (Å²) in [5.74, 6) is 1.28. The van der Waals surface area contributed by atoms with Gasteiger partial charge < -0.3 is 9.88 Å². The van der Waals surface area contributed by atoms with Crippen LogP contribution in [-0.2, 0) is 0 Å². The van der Waals surface area contributed by atoms with Gasteiger partial charge in [-0.25, -0.2) is 4.98 Å². The van der Waals surface area contributed by atoms with Crippen molar-refractivity contribution in [1.29, 1.82) is 0 Å². The number of hydrogen-bond acceptors (Lipinski definition) is 4. The number of hydrogen-bond donors (Lipinski definition) is 1. The molecule has 2 aromatic heterocycles. The molecule has 1 N–H and O–H groups in total. The van der Waals surface area contributed by atoms with Gasteiger partial charge in [-0.2, -0.15) is 5.10 Å². The summed E-state index contributed by atoms with van der Waals surface area (Å²) in [6.45, 7) is 2.29. The van der Waals surface area contributed by atoms with Gasteiger partial charge in [-0.1, -0.05) is 0 Å². The standard InChI is InChI=1S/C16H17N5/c1-21-7-4-12(10-21)14-9-18-15-3-2-11(8-13(14)15)16-17-5-6-19-20-16/h2-3,5-6,8-9,12,18H,4,7,10H2,1H3. The molecular formula is C16H17N5. The van der Waals surface area contributed by atoms with E-state index in [1.165, 1.54) is 29.4 Å². The first-order valence-electron chi connectivity index (χ1n) is 7.25. The third kappa shape index (κ3) is 2.19. The van der Waals surface area contributed by atoms with Crippen molar-refractivity contribution in [1.82, 2.24) is 25.1 Å². The lowest BCUT2D eigenvalue weighted by molar-refractivity contribution is 0.412. The van der Waals surface area contributed by atoms with Gasteiger partial charge >= 0.3 is 0 Å². The fraction of sp³-hybridized carbons (Fsp3) is 0.312. The van der Waals surface area contributed by atoms with E-state index >= 15 is 0 Å². The summed E-state index contributed by atoms with van der Waals surface area (Å²) in [7, 11) is 2.18. The van der Waals surface area contributed by atoms with Crippen LogP contribution in [0.15, 0.2) is 36.8 Å². The molecule has 1 fully saturated rings. The highest BCUT2D eigenvalue weighted by atomic mass is 15.1. The number of rotatable bonds is 2. The van der Waals surface area contributed by atoms with Gasteiger partial charge in [0.05, 0.1) is 6.20 Å². The minimum Gasteiger partial charge on any atom is -0.361 e. The molecule has 5 nitrogen and oxygen atoms in total. The molecule has 0 aliphatic carbocycles. The molecular weight excluding hydrogens is 262 g/mol. The molecule has 4 rings (SSSR count). The predicted molar refractivity (Wildman–Crippen MR) is 82.0 cm³/mol. The van der Waals surface area contributed by atoms with Crippen molar-refractivity contribution in [3.8, 4) is 11.4 Å². The van der Waals surface area contributed by atoms with Crippen molar-refractivity contribution in [2.24, 2.45) is 0 Å². The highest BCUT2D eigenvalue weighted by molar-refractivity contribution is 5.87. The molecule has 0 spiro atoms. The van der Waals surface area contributed by atoms with Crippen molar-refractivity contribution < 1.29 is 0 Å². The van der Waals surface area contributed by atoms with E-state index in [9.17, 15) is 0 Å².